The van der Waals surface area contributed by atoms with E-state index in [1.807, 2.05) is 12.1 Å². The third-order valence-electron chi connectivity index (χ3n) is 5.11. The largest absolute Gasteiger partial charge is 0.369 e. The van der Waals surface area contributed by atoms with Crippen molar-refractivity contribution < 1.29 is 0 Å². The summed E-state index contributed by atoms with van der Waals surface area (Å²) in [7, 11) is 0. The van der Waals surface area contributed by atoms with E-state index in [1.165, 1.54) is 21.9 Å². The molecule has 0 bridgehead atoms. The number of hydrogen-bond donors (Lipinski definition) is 2. The number of rotatable bonds is 4. The minimum atomic E-state index is 0.402. The van der Waals surface area contributed by atoms with Gasteiger partial charge in [-0.2, -0.15) is 0 Å². The molecule has 0 aliphatic heterocycles. The Morgan fingerprint density at radius 2 is 1.92 bits per heavy atom. The van der Waals surface area contributed by atoms with Crippen LogP contribution in [0.15, 0.2) is 59.6 Å². The number of guanidine groups is 1. The van der Waals surface area contributed by atoms with Crippen LogP contribution < -0.4 is 11.1 Å². The van der Waals surface area contributed by atoms with E-state index in [1.54, 1.807) is 0 Å². The maximum Gasteiger partial charge on any atom is 0.198 e. The molecule has 0 saturated carbocycles. The first-order valence-electron chi connectivity index (χ1n) is 9.10. The van der Waals surface area contributed by atoms with Crippen molar-refractivity contribution in [3.05, 3.63) is 71.3 Å². The van der Waals surface area contributed by atoms with Crippen LogP contribution in [0.4, 0.5) is 11.4 Å². The van der Waals surface area contributed by atoms with Crippen molar-refractivity contribution in [2.24, 2.45) is 10.7 Å². The lowest BCUT2D eigenvalue weighted by atomic mass is 9.98. The quantitative estimate of drug-likeness (QED) is 0.359. The van der Waals surface area contributed by atoms with Crippen LogP contribution >= 0.6 is 0 Å². The zero-order valence-corrected chi connectivity index (χ0v) is 15.2. The standard InChI is InChI=1S/C23H23N3/c1-3-15(2)18-8-5-9-19(14-18)25-23(24)26-21-13-11-17-7-4-6-16-10-12-20(21)22(16)17/h4-15H,3H2,1-2H3,(H3,24,25,26). The van der Waals surface area contributed by atoms with E-state index >= 15 is 0 Å². The summed E-state index contributed by atoms with van der Waals surface area (Å²) in [6.07, 6.45) is 5.37. The summed E-state index contributed by atoms with van der Waals surface area (Å²) in [5, 5.41) is 5.71. The third-order valence-corrected chi connectivity index (χ3v) is 5.11. The average molecular weight is 341 g/mol. The Morgan fingerprint density at radius 3 is 2.77 bits per heavy atom. The van der Waals surface area contributed by atoms with Crippen molar-refractivity contribution in [3.63, 3.8) is 0 Å². The molecule has 3 aromatic rings. The number of nitrogens with zero attached hydrogens (tertiary/aromatic N) is 1. The van der Waals surface area contributed by atoms with Crippen molar-refractivity contribution in [3.8, 4) is 0 Å². The molecule has 26 heavy (non-hydrogen) atoms. The number of nitrogens with one attached hydrogen (secondary N) is 1. The van der Waals surface area contributed by atoms with Gasteiger partial charge < -0.3 is 11.1 Å². The zero-order valence-electron chi connectivity index (χ0n) is 15.2. The van der Waals surface area contributed by atoms with E-state index < -0.39 is 0 Å². The van der Waals surface area contributed by atoms with Crippen LogP contribution in [0.3, 0.4) is 0 Å². The molecule has 0 saturated heterocycles. The molecule has 0 fully saturated rings. The molecule has 0 aromatic heterocycles. The summed E-state index contributed by atoms with van der Waals surface area (Å²) >= 11 is 0. The smallest absolute Gasteiger partial charge is 0.198 e. The van der Waals surface area contributed by atoms with E-state index in [-0.39, 0.29) is 0 Å². The second kappa shape index (κ2) is 6.68. The Hall–Kier alpha value is -3.07. The molecule has 3 nitrogen and oxygen atoms in total. The third kappa shape index (κ3) is 2.97. The topological polar surface area (TPSA) is 50.4 Å². The molecule has 1 aliphatic rings. The SMILES string of the molecule is CCC(C)c1cccc(NC(N)=Nc2ccc3cccc4c3c2C=C4)c1. The highest BCUT2D eigenvalue weighted by molar-refractivity contribution is 6.08. The monoisotopic (exact) mass is 341 g/mol. The highest BCUT2D eigenvalue weighted by atomic mass is 15.1. The van der Waals surface area contributed by atoms with Crippen molar-refractivity contribution in [2.45, 2.75) is 26.2 Å². The van der Waals surface area contributed by atoms with Gasteiger partial charge in [-0.15, -0.1) is 0 Å². The summed E-state index contributed by atoms with van der Waals surface area (Å²) < 4.78 is 0. The second-order valence-corrected chi connectivity index (χ2v) is 6.83. The fourth-order valence-electron chi connectivity index (χ4n) is 3.47. The van der Waals surface area contributed by atoms with Crippen LogP contribution in [0.1, 0.15) is 42.9 Å². The molecule has 0 radical (unpaired) electrons. The predicted octanol–water partition coefficient (Wildman–Crippen LogP) is 5.90. The Kier molecular flexibility index (Phi) is 4.21. The number of aliphatic imine (C=N–C) groups is 1. The number of nitrogens with two attached hydrogens (primary N) is 1. The Balaban J connectivity index is 1.64. The maximum absolute atomic E-state index is 6.20. The maximum atomic E-state index is 6.20. The van der Waals surface area contributed by atoms with E-state index in [4.69, 9.17) is 5.73 Å². The molecular formula is C23H23N3. The molecule has 1 atom stereocenters. The minimum absolute atomic E-state index is 0.402. The Morgan fingerprint density at radius 1 is 1.08 bits per heavy atom. The van der Waals surface area contributed by atoms with E-state index in [2.05, 4.69) is 78.8 Å². The lowest BCUT2D eigenvalue weighted by molar-refractivity contribution is 0.734. The minimum Gasteiger partial charge on any atom is -0.369 e. The van der Waals surface area contributed by atoms with Gasteiger partial charge in [-0.25, -0.2) is 4.99 Å². The van der Waals surface area contributed by atoms with Crippen LogP contribution in [0.2, 0.25) is 0 Å². The predicted molar refractivity (Wildman–Crippen MR) is 113 cm³/mol. The first kappa shape index (κ1) is 16.4. The van der Waals surface area contributed by atoms with Crippen molar-refractivity contribution >= 4 is 40.3 Å². The van der Waals surface area contributed by atoms with Crippen LogP contribution in [0, 0.1) is 0 Å². The highest BCUT2D eigenvalue weighted by Crippen LogP contribution is 2.37. The molecule has 0 heterocycles. The molecule has 0 spiro atoms. The van der Waals surface area contributed by atoms with E-state index in [0.717, 1.165) is 23.4 Å². The molecule has 3 heteroatoms. The van der Waals surface area contributed by atoms with Gasteiger partial charge in [0.05, 0.1) is 5.69 Å². The first-order chi connectivity index (χ1) is 12.7. The first-order valence-corrected chi connectivity index (χ1v) is 9.10. The lowest BCUT2D eigenvalue weighted by Gasteiger charge is -2.12. The number of hydrogen-bond acceptors (Lipinski definition) is 1. The highest BCUT2D eigenvalue weighted by Gasteiger charge is 2.13. The van der Waals surface area contributed by atoms with Crippen LogP contribution in [0.5, 0.6) is 0 Å². The van der Waals surface area contributed by atoms with Gasteiger partial charge in [-0.1, -0.05) is 62.4 Å². The Bertz CT molecular complexity index is 1030. The summed E-state index contributed by atoms with van der Waals surface area (Å²) in [6, 6.07) is 18.9. The average Bonchev–Trinajstić information content (AvgIpc) is 3.09. The molecule has 4 rings (SSSR count). The fourth-order valence-corrected chi connectivity index (χ4v) is 3.47. The van der Waals surface area contributed by atoms with E-state index in [9.17, 15) is 0 Å². The van der Waals surface area contributed by atoms with Gasteiger partial charge in [0.15, 0.2) is 5.96 Å². The fraction of sp³-hybridized carbons (Fsp3) is 0.174. The summed E-state index contributed by atoms with van der Waals surface area (Å²) in [4.78, 5) is 4.64. The van der Waals surface area contributed by atoms with E-state index in [0.29, 0.717) is 11.9 Å². The van der Waals surface area contributed by atoms with Gasteiger partial charge in [0.25, 0.3) is 0 Å². The second-order valence-electron chi connectivity index (χ2n) is 6.83. The van der Waals surface area contributed by atoms with Gasteiger partial charge in [-0.05, 0) is 52.4 Å². The van der Waals surface area contributed by atoms with Crippen molar-refractivity contribution in [1.29, 1.82) is 0 Å². The Labute approximate surface area is 154 Å². The van der Waals surface area contributed by atoms with Crippen LogP contribution in [-0.4, -0.2) is 5.96 Å². The molecular weight excluding hydrogens is 318 g/mol. The lowest BCUT2D eigenvalue weighted by Crippen LogP contribution is -2.22. The normalized spacial score (nSPS) is 14.0. The van der Waals surface area contributed by atoms with Crippen molar-refractivity contribution in [1.82, 2.24) is 0 Å². The van der Waals surface area contributed by atoms with Crippen LogP contribution in [-0.2, 0) is 0 Å². The van der Waals surface area contributed by atoms with Gasteiger partial charge in [0.1, 0.15) is 0 Å². The summed E-state index contributed by atoms with van der Waals surface area (Å²) in [5.74, 6) is 0.930. The molecule has 3 N–H and O–H groups in total. The summed E-state index contributed by atoms with van der Waals surface area (Å²) in [5.41, 5.74) is 11.7. The van der Waals surface area contributed by atoms with Gasteiger partial charge in [0, 0.05) is 11.3 Å². The van der Waals surface area contributed by atoms with Crippen LogP contribution in [0.25, 0.3) is 22.9 Å². The molecule has 0 amide bonds. The molecule has 3 aromatic carbocycles. The number of anilines is 1. The zero-order chi connectivity index (χ0) is 18.1. The molecule has 1 unspecified atom stereocenters. The van der Waals surface area contributed by atoms with Gasteiger partial charge in [-0.3, -0.25) is 0 Å². The van der Waals surface area contributed by atoms with Gasteiger partial charge in [0.2, 0.25) is 0 Å². The van der Waals surface area contributed by atoms with Crippen molar-refractivity contribution in [2.75, 3.05) is 5.32 Å². The molecule has 130 valence electrons. The van der Waals surface area contributed by atoms with Gasteiger partial charge >= 0.3 is 0 Å². The summed E-state index contributed by atoms with van der Waals surface area (Å²) in [6.45, 7) is 4.43. The molecule has 1 aliphatic carbocycles. The number of benzene rings is 3.